The number of rotatable bonds is 7. The number of methoxy groups -OCH3 is 1. The number of ether oxygens (including phenoxy) is 1. The monoisotopic (exact) mass is 226 g/mol. The summed E-state index contributed by atoms with van der Waals surface area (Å²) in [4.78, 5) is 2.65. The molecule has 0 aromatic carbocycles. The molecule has 16 heavy (non-hydrogen) atoms. The topological polar surface area (TPSA) is 24.5 Å². The number of hydrogen-bond donors (Lipinski definition) is 1. The lowest BCUT2D eigenvalue weighted by Gasteiger charge is -2.16. The molecule has 1 N–H and O–H groups in total. The van der Waals surface area contributed by atoms with E-state index in [1.165, 1.54) is 38.9 Å². The lowest BCUT2D eigenvalue weighted by atomic mass is 10.0. The van der Waals surface area contributed by atoms with Crippen LogP contribution in [0.1, 0.15) is 25.7 Å². The smallest absolute Gasteiger partial charge is 0.0474 e. The summed E-state index contributed by atoms with van der Waals surface area (Å²) in [6, 6.07) is 0. The Morgan fingerprint density at radius 2 is 1.94 bits per heavy atom. The standard InChI is InChI=1S/C13H26N2O/c1-16-9-3-6-14-7-8-15-10-12-4-2-5-13(12)11-15/h12-14H,2-11H2,1H3. The molecule has 1 aliphatic carbocycles. The van der Waals surface area contributed by atoms with Crippen LogP contribution < -0.4 is 5.32 Å². The Morgan fingerprint density at radius 3 is 2.62 bits per heavy atom. The fraction of sp³-hybridized carbons (Fsp3) is 1.00. The van der Waals surface area contributed by atoms with Gasteiger partial charge >= 0.3 is 0 Å². The van der Waals surface area contributed by atoms with Crippen molar-refractivity contribution in [1.29, 1.82) is 0 Å². The fourth-order valence-corrected chi connectivity index (χ4v) is 3.22. The van der Waals surface area contributed by atoms with Crippen molar-refractivity contribution in [2.75, 3.05) is 46.4 Å². The molecule has 3 heteroatoms. The molecular formula is C13H26N2O. The molecule has 1 aliphatic heterocycles. The third kappa shape index (κ3) is 3.44. The van der Waals surface area contributed by atoms with Crippen LogP contribution in [-0.4, -0.2) is 51.3 Å². The number of nitrogens with zero attached hydrogens (tertiary/aromatic N) is 1. The van der Waals surface area contributed by atoms with Crippen LogP contribution in [0.25, 0.3) is 0 Å². The Balaban J connectivity index is 1.48. The molecular weight excluding hydrogens is 200 g/mol. The van der Waals surface area contributed by atoms with Crippen molar-refractivity contribution in [2.45, 2.75) is 25.7 Å². The van der Waals surface area contributed by atoms with Crippen molar-refractivity contribution in [1.82, 2.24) is 10.2 Å². The molecule has 0 aromatic rings. The highest BCUT2D eigenvalue weighted by molar-refractivity contribution is 4.88. The van der Waals surface area contributed by atoms with E-state index in [4.69, 9.17) is 4.74 Å². The molecule has 2 fully saturated rings. The van der Waals surface area contributed by atoms with E-state index in [1.807, 2.05) is 0 Å². The van der Waals surface area contributed by atoms with Gasteiger partial charge in [0.25, 0.3) is 0 Å². The van der Waals surface area contributed by atoms with E-state index in [-0.39, 0.29) is 0 Å². The van der Waals surface area contributed by atoms with E-state index in [9.17, 15) is 0 Å². The zero-order valence-corrected chi connectivity index (χ0v) is 10.6. The molecule has 2 aliphatic rings. The predicted molar refractivity (Wildman–Crippen MR) is 66.6 cm³/mol. The molecule has 0 radical (unpaired) electrons. The van der Waals surface area contributed by atoms with E-state index >= 15 is 0 Å². The minimum absolute atomic E-state index is 0.876. The van der Waals surface area contributed by atoms with Gasteiger partial charge in [-0.05, 0) is 37.6 Å². The molecule has 1 saturated heterocycles. The average Bonchev–Trinajstić information content (AvgIpc) is 2.83. The van der Waals surface area contributed by atoms with E-state index in [1.54, 1.807) is 7.11 Å². The minimum atomic E-state index is 0.876. The summed E-state index contributed by atoms with van der Waals surface area (Å²) in [5, 5.41) is 3.49. The molecule has 94 valence electrons. The fourth-order valence-electron chi connectivity index (χ4n) is 3.22. The largest absolute Gasteiger partial charge is 0.385 e. The SMILES string of the molecule is COCCCNCCN1CC2CCCC2C1. The van der Waals surface area contributed by atoms with Gasteiger partial charge in [-0.3, -0.25) is 0 Å². The van der Waals surface area contributed by atoms with E-state index in [2.05, 4.69) is 10.2 Å². The number of nitrogens with one attached hydrogen (secondary N) is 1. The van der Waals surface area contributed by atoms with Crippen molar-refractivity contribution in [3.8, 4) is 0 Å². The van der Waals surface area contributed by atoms with Gasteiger partial charge in [0.05, 0.1) is 0 Å². The maximum absolute atomic E-state index is 5.02. The number of likely N-dealkylation sites (tertiary alicyclic amines) is 1. The summed E-state index contributed by atoms with van der Waals surface area (Å²) in [6.07, 6.45) is 5.59. The second-order valence-electron chi connectivity index (χ2n) is 5.31. The van der Waals surface area contributed by atoms with Crippen LogP contribution in [0.5, 0.6) is 0 Å². The van der Waals surface area contributed by atoms with Crippen molar-refractivity contribution < 1.29 is 4.74 Å². The first-order valence-corrected chi connectivity index (χ1v) is 6.82. The Hall–Kier alpha value is -0.120. The van der Waals surface area contributed by atoms with Crippen molar-refractivity contribution in [3.05, 3.63) is 0 Å². The van der Waals surface area contributed by atoms with Gasteiger partial charge in [-0.1, -0.05) is 6.42 Å². The molecule has 0 amide bonds. The summed E-state index contributed by atoms with van der Waals surface area (Å²) in [6.45, 7) is 7.08. The second-order valence-corrected chi connectivity index (χ2v) is 5.31. The van der Waals surface area contributed by atoms with Crippen LogP contribution in [0.15, 0.2) is 0 Å². The third-order valence-corrected chi connectivity index (χ3v) is 4.11. The van der Waals surface area contributed by atoms with Crippen molar-refractivity contribution in [3.63, 3.8) is 0 Å². The summed E-state index contributed by atoms with van der Waals surface area (Å²) >= 11 is 0. The van der Waals surface area contributed by atoms with Crippen LogP contribution in [0.4, 0.5) is 0 Å². The molecule has 0 bridgehead atoms. The Bertz CT molecular complexity index is 186. The van der Waals surface area contributed by atoms with Gasteiger partial charge in [0.15, 0.2) is 0 Å². The molecule has 2 unspecified atom stereocenters. The highest BCUT2D eigenvalue weighted by Gasteiger charge is 2.35. The first-order valence-electron chi connectivity index (χ1n) is 6.82. The third-order valence-electron chi connectivity index (χ3n) is 4.11. The zero-order chi connectivity index (χ0) is 11.2. The highest BCUT2D eigenvalue weighted by atomic mass is 16.5. The second kappa shape index (κ2) is 6.58. The maximum atomic E-state index is 5.02. The summed E-state index contributed by atoms with van der Waals surface area (Å²) in [5.41, 5.74) is 0. The van der Waals surface area contributed by atoms with Crippen LogP contribution in [-0.2, 0) is 4.74 Å². The van der Waals surface area contributed by atoms with Gasteiger partial charge in [-0.25, -0.2) is 0 Å². The molecule has 2 atom stereocenters. The van der Waals surface area contributed by atoms with E-state index < -0.39 is 0 Å². The van der Waals surface area contributed by atoms with Crippen molar-refractivity contribution >= 4 is 0 Å². The van der Waals surface area contributed by atoms with Gasteiger partial charge in [-0.15, -0.1) is 0 Å². The molecule has 2 rings (SSSR count). The Labute approximate surface area is 99.5 Å². The predicted octanol–water partition coefficient (Wildman–Crippen LogP) is 1.34. The van der Waals surface area contributed by atoms with Crippen LogP contribution in [0, 0.1) is 11.8 Å². The van der Waals surface area contributed by atoms with Crippen LogP contribution in [0.2, 0.25) is 0 Å². The Kier molecular flexibility index (Phi) is 5.07. The van der Waals surface area contributed by atoms with Gasteiger partial charge in [-0.2, -0.15) is 0 Å². The minimum Gasteiger partial charge on any atom is -0.385 e. The van der Waals surface area contributed by atoms with Gasteiger partial charge in [0.1, 0.15) is 0 Å². The normalized spacial score (nSPS) is 29.8. The Morgan fingerprint density at radius 1 is 1.19 bits per heavy atom. The lowest BCUT2D eigenvalue weighted by Crippen LogP contribution is -2.31. The molecule has 0 aromatic heterocycles. The molecule has 0 spiro atoms. The first-order chi connectivity index (χ1) is 7.90. The molecule has 3 nitrogen and oxygen atoms in total. The average molecular weight is 226 g/mol. The highest BCUT2D eigenvalue weighted by Crippen LogP contribution is 2.37. The number of fused-ring (bicyclic) bond motifs is 1. The summed E-state index contributed by atoms with van der Waals surface area (Å²) in [7, 11) is 1.77. The van der Waals surface area contributed by atoms with E-state index in [0.29, 0.717) is 0 Å². The molecule has 1 heterocycles. The van der Waals surface area contributed by atoms with E-state index in [0.717, 1.165) is 38.0 Å². The molecule has 1 saturated carbocycles. The quantitative estimate of drug-likeness (QED) is 0.663. The van der Waals surface area contributed by atoms with Crippen LogP contribution >= 0.6 is 0 Å². The van der Waals surface area contributed by atoms with Gasteiger partial charge < -0.3 is 15.0 Å². The zero-order valence-electron chi connectivity index (χ0n) is 10.6. The number of hydrogen-bond acceptors (Lipinski definition) is 3. The lowest BCUT2D eigenvalue weighted by molar-refractivity contribution is 0.193. The first kappa shape index (κ1) is 12.3. The van der Waals surface area contributed by atoms with Gasteiger partial charge in [0.2, 0.25) is 0 Å². The summed E-state index contributed by atoms with van der Waals surface area (Å²) in [5.74, 6) is 2.07. The van der Waals surface area contributed by atoms with Crippen molar-refractivity contribution in [2.24, 2.45) is 11.8 Å². The summed E-state index contributed by atoms with van der Waals surface area (Å²) < 4.78 is 5.02. The maximum Gasteiger partial charge on any atom is 0.0474 e. The van der Waals surface area contributed by atoms with Gasteiger partial charge in [0, 0.05) is 39.9 Å². The van der Waals surface area contributed by atoms with Crippen LogP contribution in [0.3, 0.4) is 0 Å².